The minimum absolute atomic E-state index is 0.731. The van der Waals surface area contributed by atoms with E-state index in [9.17, 15) is 0 Å². The molecule has 0 radical (unpaired) electrons. The second-order valence-electron chi connectivity index (χ2n) is 15.9. The first-order valence-electron chi connectivity index (χ1n) is 21.0. The highest BCUT2D eigenvalue weighted by Crippen LogP contribution is 2.42. The molecule has 0 N–H and O–H groups in total. The van der Waals surface area contributed by atoms with Gasteiger partial charge in [0.1, 0.15) is 23.0 Å². The van der Waals surface area contributed by atoms with Crippen LogP contribution in [0.2, 0.25) is 0 Å². The first-order valence-corrected chi connectivity index (χ1v) is 23.0. The van der Waals surface area contributed by atoms with Crippen molar-refractivity contribution < 1.29 is 4.74 Å². The molecule has 0 amide bonds. The van der Waals surface area contributed by atoms with Crippen LogP contribution in [0.25, 0.3) is 50.0 Å². The quantitative estimate of drug-likeness (QED) is 0.150. The van der Waals surface area contributed by atoms with Crippen molar-refractivity contribution in [2.45, 2.75) is 0 Å². The summed E-state index contributed by atoms with van der Waals surface area (Å²) in [7, 11) is -0.999. The molecule has 12 rings (SSSR count). The maximum absolute atomic E-state index is 6.69. The fraction of sp³-hybridized carbons (Fsp3) is 0.0182. The number of imidazole rings is 1. The average Bonchev–Trinajstić information content (AvgIpc) is 3.86. The average molecular weight is 814 g/mol. The van der Waals surface area contributed by atoms with Gasteiger partial charge in [0.15, 0.2) is 8.07 Å². The van der Waals surface area contributed by atoms with Crippen molar-refractivity contribution >= 4 is 78.9 Å². The van der Waals surface area contributed by atoms with Crippen LogP contribution >= 0.6 is 0 Å². The summed E-state index contributed by atoms with van der Waals surface area (Å²) in [6.45, 7) is 0. The largest absolute Gasteiger partial charge is 0.457 e. The highest BCUT2D eigenvalue weighted by Gasteiger charge is 2.50. The number of ether oxygens (including phenoxy) is 1. The lowest BCUT2D eigenvalue weighted by atomic mass is 10.1. The third-order valence-electron chi connectivity index (χ3n) is 12.4. The van der Waals surface area contributed by atoms with Crippen LogP contribution in [0, 0.1) is 0 Å². The molecular formula is C55H39N5OSi. The van der Waals surface area contributed by atoms with E-state index in [-0.39, 0.29) is 0 Å². The lowest BCUT2D eigenvalue weighted by Gasteiger charge is -2.45. The molecule has 1 aliphatic rings. The zero-order chi connectivity index (χ0) is 41.2. The molecule has 0 saturated heterocycles. The van der Waals surface area contributed by atoms with Crippen LogP contribution < -0.4 is 30.4 Å². The van der Waals surface area contributed by atoms with Gasteiger partial charge in [-0.2, -0.15) is 0 Å². The lowest BCUT2D eigenvalue weighted by molar-refractivity contribution is 0.482. The van der Waals surface area contributed by atoms with E-state index in [1.54, 1.807) is 0 Å². The number of aromatic nitrogens is 4. The number of hydrogen-bond acceptors (Lipinski definition) is 4. The molecule has 0 aliphatic carbocycles. The van der Waals surface area contributed by atoms with Gasteiger partial charge in [0.2, 0.25) is 0 Å². The van der Waals surface area contributed by atoms with Crippen molar-refractivity contribution in [1.29, 1.82) is 0 Å². The van der Waals surface area contributed by atoms with Gasteiger partial charge in [-0.1, -0.05) is 146 Å². The van der Waals surface area contributed by atoms with E-state index in [0.717, 1.165) is 72.9 Å². The van der Waals surface area contributed by atoms with Crippen LogP contribution in [-0.2, 0) is 7.05 Å². The molecule has 6 nitrogen and oxygen atoms in total. The number of para-hydroxylation sites is 5. The minimum Gasteiger partial charge on any atom is -0.457 e. The monoisotopic (exact) mass is 813 g/mol. The van der Waals surface area contributed by atoms with E-state index in [1.807, 2.05) is 36.4 Å². The van der Waals surface area contributed by atoms with Gasteiger partial charge in [-0.25, -0.2) is 9.97 Å². The summed E-state index contributed by atoms with van der Waals surface area (Å²) >= 11 is 0. The number of aryl methyl sites for hydroxylation is 1. The van der Waals surface area contributed by atoms with Crippen LogP contribution in [0.3, 0.4) is 0 Å². The molecule has 0 fully saturated rings. The molecule has 0 bridgehead atoms. The third kappa shape index (κ3) is 5.42. The summed E-state index contributed by atoms with van der Waals surface area (Å²) in [4.78, 5) is 12.9. The van der Waals surface area contributed by atoms with Crippen molar-refractivity contribution in [2.75, 3.05) is 4.90 Å². The number of benzene rings is 8. The molecule has 62 heavy (non-hydrogen) atoms. The first kappa shape index (κ1) is 35.9. The Morgan fingerprint density at radius 1 is 0.516 bits per heavy atom. The third-order valence-corrected chi connectivity index (χ3v) is 17.3. The Morgan fingerprint density at radius 3 is 1.89 bits per heavy atom. The van der Waals surface area contributed by atoms with E-state index in [0.29, 0.717) is 0 Å². The van der Waals surface area contributed by atoms with E-state index < -0.39 is 8.07 Å². The Hall–Kier alpha value is -8.00. The summed E-state index contributed by atoms with van der Waals surface area (Å²) in [6.07, 6.45) is 2.12. The number of hydrogen-bond donors (Lipinski definition) is 0. The number of anilines is 3. The zero-order valence-electron chi connectivity index (χ0n) is 33.9. The number of rotatable bonds is 7. The Balaban J connectivity index is 1.09. The smallest absolute Gasteiger partial charge is 0.185 e. The van der Waals surface area contributed by atoms with E-state index >= 15 is 0 Å². The number of nitrogens with zero attached hydrogens (tertiary/aromatic N) is 5. The molecule has 1 aliphatic heterocycles. The van der Waals surface area contributed by atoms with E-state index in [2.05, 4.69) is 203 Å². The van der Waals surface area contributed by atoms with Gasteiger partial charge in [0.05, 0.1) is 34.1 Å². The van der Waals surface area contributed by atoms with Gasteiger partial charge in [-0.15, -0.1) is 0 Å². The molecular weight excluding hydrogens is 775 g/mol. The van der Waals surface area contributed by atoms with Gasteiger partial charge >= 0.3 is 0 Å². The summed E-state index contributed by atoms with van der Waals surface area (Å²) in [6, 6.07) is 75.7. The second-order valence-corrected chi connectivity index (χ2v) is 19.5. The van der Waals surface area contributed by atoms with E-state index in [4.69, 9.17) is 14.7 Å². The SMILES string of the molecule is Cn1c(-c2cccc(Oc3cccc(-n4c5ccccc5c5c6c(cnc54)N(c4ccccc4)c4ccccc4[Si]6(c4ccccc4)c4ccccc4)c3)c2)nc2ccccc21. The Labute approximate surface area is 360 Å². The van der Waals surface area contributed by atoms with Crippen LogP contribution in [-0.4, -0.2) is 27.2 Å². The fourth-order valence-electron chi connectivity index (χ4n) is 9.89. The van der Waals surface area contributed by atoms with Crippen LogP contribution in [0.5, 0.6) is 11.5 Å². The van der Waals surface area contributed by atoms with Gasteiger partial charge in [0, 0.05) is 40.8 Å². The topological polar surface area (TPSA) is 48.1 Å². The van der Waals surface area contributed by atoms with Crippen LogP contribution in [0.15, 0.2) is 219 Å². The fourth-order valence-corrected chi connectivity index (χ4v) is 15.2. The van der Waals surface area contributed by atoms with Crippen molar-refractivity contribution in [3.8, 4) is 28.6 Å². The molecule has 8 aromatic carbocycles. The predicted molar refractivity (Wildman–Crippen MR) is 257 cm³/mol. The highest BCUT2D eigenvalue weighted by atomic mass is 28.3. The predicted octanol–water partition coefficient (Wildman–Crippen LogP) is 10.7. The summed E-state index contributed by atoms with van der Waals surface area (Å²) in [5.41, 5.74) is 9.38. The Bertz CT molecular complexity index is 3430. The summed E-state index contributed by atoms with van der Waals surface area (Å²) < 4.78 is 11.1. The highest BCUT2D eigenvalue weighted by molar-refractivity contribution is 7.22. The maximum Gasteiger partial charge on any atom is 0.185 e. The molecule has 11 aromatic rings. The van der Waals surface area contributed by atoms with Crippen LogP contribution in [0.1, 0.15) is 0 Å². The minimum atomic E-state index is -3.06. The molecule has 0 unspecified atom stereocenters. The van der Waals surface area contributed by atoms with Crippen molar-refractivity contribution in [1.82, 2.24) is 19.1 Å². The van der Waals surface area contributed by atoms with Crippen molar-refractivity contribution in [3.63, 3.8) is 0 Å². The second kappa shape index (κ2) is 14.3. The molecule has 0 spiro atoms. The molecule has 4 heterocycles. The van der Waals surface area contributed by atoms with E-state index in [1.165, 1.54) is 26.4 Å². The van der Waals surface area contributed by atoms with Gasteiger partial charge in [-0.05, 0) is 81.4 Å². The molecule has 294 valence electrons. The molecule has 0 atom stereocenters. The number of fused-ring (bicyclic) bond motifs is 7. The first-order chi connectivity index (χ1) is 30.7. The molecule has 7 heteroatoms. The van der Waals surface area contributed by atoms with Crippen molar-refractivity contribution in [2.24, 2.45) is 7.05 Å². The standard InChI is InChI=1S/C55H39N5OSi/c1-58-48-32-14-12-30-46(48)57-54(58)38-19-17-23-41(35-38)61-42-24-18-22-40(36-42)60-47-31-13-11-29-45(47)52-53-50(37-56-55(52)60)59(39-20-5-2-6-21-39)49-33-15-16-34-51(49)62(53,43-25-7-3-8-26-43)44-27-9-4-10-28-44/h2-37H,1H3. The normalized spacial score (nSPS) is 13.0. The lowest BCUT2D eigenvalue weighted by Crippen LogP contribution is -2.77. The van der Waals surface area contributed by atoms with Gasteiger partial charge < -0.3 is 14.2 Å². The Morgan fingerprint density at radius 2 is 1.13 bits per heavy atom. The van der Waals surface area contributed by atoms with Crippen LogP contribution in [0.4, 0.5) is 17.1 Å². The number of pyridine rings is 1. The zero-order valence-corrected chi connectivity index (χ0v) is 34.9. The molecule has 0 saturated carbocycles. The maximum atomic E-state index is 6.69. The Kier molecular flexibility index (Phi) is 8.30. The summed E-state index contributed by atoms with van der Waals surface area (Å²) in [5.74, 6) is 2.36. The van der Waals surface area contributed by atoms with Gasteiger partial charge in [0.25, 0.3) is 0 Å². The van der Waals surface area contributed by atoms with Crippen molar-refractivity contribution in [3.05, 3.63) is 219 Å². The summed E-state index contributed by atoms with van der Waals surface area (Å²) in [5, 5.41) is 7.64. The van der Waals surface area contributed by atoms with Gasteiger partial charge in [-0.3, -0.25) is 4.57 Å². The molecule has 3 aromatic heterocycles.